The number of aromatic nitrogens is 1. The van der Waals surface area contributed by atoms with Crippen LogP contribution in [0.2, 0.25) is 0 Å². The van der Waals surface area contributed by atoms with Crippen LogP contribution in [0.3, 0.4) is 0 Å². The molecule has 0 fully saturated rings. The first-order chi connectivity index (χ1) is 14.8. The summed E-state index contributed by atoms with van der Waals surface area (Å²) in [5.41, 5.74) is 6.10. The Morgan fingerprint density at radius 2 is 1.68 bits per heavy atom. The van der Waals surface area contributed by atoms with Crippen molar-refractivity contribution in [2.45, 2.75) is 46.1 Å². The number of fused-ring (bicyclic) bond motifs is 1. The summed E-state index contributed by atoms with van der Waals surface area (Å²) in [4.78, 5) is 13.0. The molecule has 0 spiro atoms. The largest absolute Gasteiger partial charge is 0.460 e. The third-order valence-electron chi connectivity index (χ3n) is 5.65. The highest BCUT2D eigenvalue weighted by atomic mass is 16.3. The molecule has 2 aromatic heterocycles. The van der Waals surface area contributed by atoms with E-state index >= 15 is 0 Å². The number of carbonyl (C=O) groups excluding carboxylic acids is 1. The number of amides is 1. The number of aryl methyl sites for hydroxylation is 1. The summed E-state index contributed by atoms with van der Waals surface area (Å²) in [7, 11) is 0. The van der Waals surface area contributed by atoms with Crippen LogP contribution in [0, 0.1) is 6.92 Å². The lowest BCUT2D eigenvalue weighted by Crippen LogP contribution is -2.28. The van der Waals surface area contributed by atoms with Crippen LogP contribution in [-0.2, 0) is 18.4 Å². The van der Waals surface area contributed by atoms with E-state index in [-0.39, 0.29) is 11.3 Å². The summed E-state index contributed by atoms with van der Waals surface area (Å²) < 4.78 is 7.87. The molecule has 2 heterocycles. The van der Waals surface area contributed by atoms with E-state index in [1.165, 1.54) is 11.1 Å². The fraction of sp³-hybridized carbons (Fsp3) is 0.296. The zero-order valence-corrected chi connectivity index (χ0v) is 18.7. The molecule has 1 amide bonds. The molecule has 4 nitrogen and oxygen atoms in total. The average molecular weight is 415 g/mol. The van der Waals surface area contributed by atoms with Crippen molar-refractivity contribution in [1.82, 2.24) is 9.88 Å². The third-order valence-corrected chi connectivity index (χ3v) is 5.65. The Balaban J connectivity index is 1.55. The highest BCUT2D eigenvalue weighted by Crippen LogP contribution is 2.26. The standard InChI is InChI=1S/C27H30N2O2/c1-19-16-23-25(31-19)17-24(26(30)28-15-14-20-8-6-5-7-9-20)29(23)18-21-10-12-22(13-11-21)27(2,3)4/h5-13,16-17H,14-15,18H2,1-4H3,(H,28,30). The van der Waals surface area contributed by atoms with Gasteiger partial charge in [0.2, 0.25) is 0 Å². The van der Waals surface area contributed by atoms with Gasteiger partial charge in [-0.3, -0.25) is 4.79 Å². The van der Waals surface area contributed by atoms with Crippen molar-refractivity contribution in [2.75, 3.05) is 6.54 Å². The maximum atomic E-state index is 13.0. The molecule has 1 N–H and O–H groups in total. The van der Waals surface area contributed by atoms with Gasteiger partial charge < -0.3 is 14.3 Å². The number of furan rings is 1. The van der Waals surface area contributed by atoms with Gasteiger partial charge in [0.15, 0.2) is 5.58 Å². The minimum atomic E-state index is -0.0775. The zero-order chi connectivity index (χ0) is 22.0. The van der Waals surface area contributed by atoms with Gasteiger partial charge >= 0.3 is 0 Å². The maximum absolute atomic E-state index is 13.0. The molecule has 2 aromatic carbocycles. The Labute approximate surface area is 183 Å². The molecule has 0 bridgehead atoms. The van der Waals surface area contributed by atoms with Gasteiger partial charge in [0.25, 0.3) is 5.91 Å². The number of hydrogen-bond donors (Lipinski definition) is 1. The number of nitrogens with zero attached hydrogens (tertiary/aromatic N) is 1. The summed E-state index contributed by atoms with van der Waals surface area (Å²) in [6.07, 6.45) is 0.802. The highest BCUT2D eigenvalue weighted by Gasteiger charge is 2.19. The van der Waals surface area contributed by atoms with Crippen molar-refractivity contribution in [1.29, 1.82) is 0 Å². The van der Waals surface area contributed by atoms with Crippen molar-refractivity contribution in [3.63, 3.8) is 0 Å². The second-order valence-corrected chi connectivity index (χ2v) is 9.16. The smallest absolute Gasteiger partial charge is 0.268 e. The van der Waals surface area contributed by atoms with Gasteiger partial charge in [-0.25, -0.2) is 0 Å². The highest BCUT2D eigenvalue weighted by molar-refractivity contribution is 5.97. The summed E-state index contributed by atoms with van der Waals surface area (Å²) in [6, 6.07) is 22.7. The number of nitrogens with one attached hydrogen (secondary N) is 1. The van der Waals surface area contributed by atoms with Crippen molar-refractivity contribution in [3.8, 4) is 0 Å². The molecule has 160 valence electrons. The number of rotatable bonds is 6. The average Bonchev–Trinajstić information content (AvgIpc) is 3.25. The van der Waals surface area contributed by atoms with Crippen LogP contribution in [0.25, 0.3) is 11.1 Å². The summed E-state index contributed by atoms with van der Waals surface area (Å²) in [6.45, 7) is 9.78. The monoisotopic (exact) mass is 414 g/mol. The molecule has 4 heteroatoms. The molecule has 0 saturated carbocycles. The Bertz CT molecular complexity index is 1180. The van der Waals surface area contributed by atoms with Crippen LogP contribution < -0.4 is 5.32 Å². The normalized spacial score (nSPS) is 11.7. The first-order valence-corrected chi connectivity index (χ1v) is 10.8. The number of benzene rings is 2. The lowest BCUT2D eigenvalue weighted by molar-refractivity contribution is 0.0945. The third kappa shape index (κ3) is 4.74. The molecule has 0 unspecified atom stereocenters. The zero-order valence-electron chi connectivity index (χ0n) is 18.7. The molecule has 0 atom stereocenters. The van der Waals surface area contributed by atoms with Crippen molar-refractivity contribution >= 4 is 17.0 Å². The Hall–Kier alpha value is -3.27. The van der Waals surface area contributed by atoms with Gasteiger partial charge in [-0.1, -0.05) is 75.4 Å². The van der Waals surface area contributed by atoms with Crippen LogP contribution in [0.5, 0.6) is 0 Å². The van der Waals surface area contributed by atoms with E-state index in [2.05, 4.69) is 67.1 Å². The minimum absolute atomic E-state index is 0.0775. The van der Waals surface area contributed by atoms with E-state index in [0.717, 1.165) is 28.8 Å². The molecule has 0 radical (unpaired) electrons. The summed E-state index contributed by atoms with van der Waals surface area (Å²) in [5, 5.41) is 3.07. The van der Waals surface area contributed by atoms with Gasteiger partial charge in [-0.15, -0.1) is 0 Å². The van der Waals surface area contributed by atoms with Gasteiger partial charge in [-0.2, -0.15) is 0 Å². The van der Waals surface area contributed by atoms with Crippen LogP contribution in [0.1, 0.15) is 53.7 Å². The van der Waals surface area contributed by atoms with Crippen molar-refractivity contribution < 1.29 is 9.21 Å². The van der Waals surface area contributed by atoms with Crippen LogP contribution in [0.15, 0.2) is 71.1 Å². The first-order valence-electron chi connectivity index (χ1n) is 10.8. The lowest BCUT2D eigenvalue weighted by Gasteiger charge is -2.19. The van der Waals surface area contributed by atoms with Gasteiger partial charge in [0.1, 0.15) is 11.5 Å². The maximum Gasteiger partial charge on any atom is 0.268 e. The molecule has 0 saturated heterocycles. The fourth-order valence-electron chi connectivity index (χ4n) is 3.87. The quantitative estimate of drug-likeness (QED) is 0.429. The van der Waals surface area contributed by atoms with E-state index < -0.39 is 0 Å². The van der Waals surface area contributed by atoms with E-state index in [4.69, 9.17) is 4.42 Å². The molecule has 4 rings (SSSR count). The van der Waals surface area contributed by atoms with Crippen LogP contribution in [0.4, 0.5) is 0 Å². The second-order valence-electron chi connectivity index (χ2n) is 9.16. The lowest BCUT2D eigenvalue weighted by atomic mass is 9.87. The van der Waals surface area contributed by atoms with Crippen LogP contribution >= 0.6 is 0 Å². The topological polar surface area (TPSA) is 47.2 Å². The molecular formula is C27H30N2O2. The molecule has 0 aliphatic heterocycles. The summed E-state index contributed by atoms with van der Waals surface area (Å²) >= 11 is 0. The molecule has 31 heavy (non-hydrogen) atoms. The van der Waals surface area contributed by atoms with Gasteiger partial charge in [0.05, 0.1) is 5.52 Å². The predicted octanol–water partition coefficient (Wildman–Crippen LogP) is 5.86. The van der Waals surface area contributed by atoms with Crippen LogP contribution in [-0.4, -0.2) is 17.0 Å². The molecular weight excluding hydrogens is 384 g/mol. The second kappa shape index (κ2) is 8.46. The number of carbonyl (C=O) groups is 1. The Morgan fingerprint density at radius 1 is 0.968 bits per heavy atom. The van der Waals surface area contributed by atoms with Gasteiger partial charge in [-0.05, 0) is 35.4 Å². The van der Waals surface area contributed by atoms with E-state index in [0.29, 0.717) is 18.8 Å². The molecule has 0 aliphatic carbocycles. The SMILES string of the molecule is Cc1cc2c(cc(C(=O)NCCc3ccccc3)n2Cc2ccc(C(C)(C)C)cc2)o1. The predicted molar refractivity (Wildman–Crippen MR) is 126 cm³/mol. The fourth-order valence-corrected chi connectivity index (χ4v) is 3.87. The minimum Gasteiger partial charge on any atom is -0.460 e. The molecule has 0 aliphatic rings. The first kappa shape index (κ1) is 21.0. The van der Waals surface area contributed by atoms with E-state index in [1.807, 2.05) is 37.3 Å². The van der Waals surface area contributed by atoms with Gasteiger partial charge in [0, 0.05) is 25.2 Å². The number of hydrogen-bond acceptors (Lipinski definition) is 2. The Kier molecular flexibility index (Phi) is 5.73. The van der Waals surface area contributed by atoms with E-state index in [9.17, 15) is 4.79 Å². The van der Waals surface area contributed by atoms with E-state index in [1.54, 1.807) is 0 Å². The van der Waals surface area contributed by atoms with Crippen molar-refractivity contribution in [3.05, 3.63) is 94.9 Å². The van der Waals surface area contributed by atoms with Crippen molar-refractivity contribution in [2.24, 2.45) is 0 Å². The molecule has 4 aromatic rings. The Morgan fingerprint density at radius 3 is 2.35 bits per heavy atom. The summed E-state index contributed by atoms with van der Waals surface area (Å²) in [5.74, 6) is 0.768.